The number of nitrogens with zero attached hydrogens (tertiary/aromatic N) is 7. The number of hydrogen-bond acceptors (Lipinski definition) is 6. The van der Waals surface area contributed by atoms with Gasteiger partial charge in [-0.05, 0) is 83.6 Å². The Bertz CT molecular complexity index is 1690. The van der Waals surface area contributed by atoms with Crippen LogP contribution in [0, 0.1) is 12.3 Å². The van der Waals surface area contributed by atoms with E-state index in [1.807, 2.05) is 29.2 Å². The number of sulfonamides is 1. The average molecular weight is 567 g/mol. The Morgan fingerprint density at radius 3 is 2.00 bits per heavy atom. The van der Waals surface area contributed by atoms with Crippen molar-refractivity contribution in [3.05, 3.63) is 98.2 Å². The summed E-state index contributed by atoms with van der Waals surface area (Å²) in [6.45, 7) is 0.176. The van der Waals surface area contributed by atoms with Gasteiger partial charge in [-0.3, -0.25) is 4.79 Å². The van der Waals surface area contributed by atoms with Crippen molar-refractivity contribution in [2.75, 3.05) is 11.4 Å². The van der Waals surface area contributed by atoms with Crippen molar-refractivity contribution in [1.29, 1.82) is 0 Å². The van der Waals surface area contributed by atoms with Crippen LogP contribution in [0.25, 0.3) is 20.9 Å². The summed E-state index contributed by atoms with van der Waals surface area (Å²) in [6.07, 6.45) is 10.0. The third-order valence-corrected chi connectivity index (χ3v) is 9.13. The highest BCUT2D eigenvalue weighted by atomic mass is 32.2. The van der Waals surface area contributed by atoms with Gasteiger partial charge >= 0.3 is 0 Å². The lowest BCUT2D eigenvalue weighted by atomic mass is 9.62. The molecule has 3 aromatic rings. The monoisotopic (exact) mass is 566 g/mol. The maximum atomic E-state index is 12.9. The van der Waals surface area contributed by atoms with Gasteiger partial charge in [-0.25, -0.2) is 13.1 Å². The number of hydrogen-bond donors (Lipinski definition) is 1. The van der Waals surface area contributed by atoms with Gasteiger partial charge in [0.25, 0.3) is 10.0 Å². The normalized spacial score (nSPS) is 15.0. The van der Waals surface area contributed by atoms with Gasteiger partial charge in [-0.1, -0.05) is 47.5 Å². The van der Waals surface area contributed by atoms with Crippen LogP contribution in [0.1, 0.15) is 55.2 Å². The molecule has 3 aromatic carbocycles. The number of rotatable bonds is 7. The molecule has 12 heteroatoms. The van der Waals surface area contributed by atoms with Gasteiger partial charge < -0.3 is 4.90 Å². The predicted molar refractivity (Wildman–Crippen MR) is 156 cm³/mol. The van der Waals surface area contributed by atoms with E-state index in [9.17, 15) is 13.2 Å². The molecule has 1 amide bonds. The number of amides is 1. The highest BCUT2D eigenvalue weighted by Gasteiger charge is 2.44. The van der Waals surface area contributed by atoms with Crippen molar-refractivity contribution in [2.45, 2.75) is 48.8 Å². The molecule has 0 atom stereocenters. The van der Waals surface area contributed by atoms with Crippen LogP contribution in [0.2, 0.25) is 0 Å². The van der Waals surface area contributed by atoms with E-state index in [4.69, 9.17) is 17.5 Å². The number of azide groups is 2. The molecule has 1 aliphatic heterocycles. The second kappa shape index (κ2) is 11.3. The van der Waals surface area contributed by atoms with E-state index in [0.29, 0.717) is 16.9 Å². The van der Waals surface area contributed by atoms with E-state index in [2.05, 4.69) is 30.7 Å². The maximum Gasteiger partial charge on any atom is 0.264 e. The fourth-order valence-electron chi connectivity index (χ4n) is 5.93. The summed E-state index contributed by atoms with van der Waals surface area (Å²) in [4.78, 5) is 20.8. The smallest absolute Gasteiger partial charge is 0.264 e. The van der Waals surface area contributed by atoms with Gasteiger partial charge in [0.05, 0.1) is 4.90 Å². The molecule has 41 heavy (non-hydrogen) atoms. The van der Waals surface area contributed by atoms with Gasteiger partial charge in [-0.15, -0.1) is 6.42 Å². The summed E-state index contributed by atoms with van der Waals surface area (Å²) >= 11 is 0. The third-order valence-electron chi connectivity index (χ3n) is 7.74. The summed E-state index contributed by atoms with van der Waals surface area (Å²) in [6, 6.07) is 16.7. The first-order valence-electron chi connectivity index (χ1n) is 13.1. The van der Waals surface area contributed by atoms with Crippen LogP contribution < -0.4 is 9.62 Å². The minimum absolute atomic E-state index is 0.0612. The minimum Gasteiger partial charge on any atom is -0.340 e. The summed E-state index contributed by atoms with van der Waals surface area (Å²) in [5, 5.41) is 7.66. The molecule has 0 bridgehead atoms. The van der Waals surface area contributed by atoms with Crippen LogP contribution >= 0.6 is 0 Å². The van der Waals surface area contributed by atoms with Crippen LogP contribution in [0.4, 0.5) is 22.7 Å². The lowest BCUT2D eigenvalue weighted by Crippen LogP contribution is -2.40. The Morgan fingerprint density at radius 2 is 1.49 bits per heavy atom. The number of benzene rings is 3. The fourth-order valence-corrected chi connectivity index (χ4v) is 6.94. The van der Waals surface area contributed by atoms with Gasteiger partial charge in [0, 0.05) is 56.5 Å². The van der Waals surface area contributed by atoms with Crippen LogP contribution in [0.5, 0.6) is 0 Å². The summed E-state index contributed by atoms with van der Waals surface area (Å²) in [5.74, 6) is 1.76. The van der Waals surface area contributed by atoms with E-state index in [0.717, 1.165) is 54.6 Å². The van der Waals surface area contributed by atoms with E-state index >= 15 is 0 Å². The van der Waals surface area contributed by atoms with Gasteiger partial charge in [0.2, 0.25) is 5.91 Å². The molecule has 1 aliphatic carbocycles. The van der Waals surface area contributed by atoms with Crippen molar-refractivity contribution >= 4 is 38.7 Å². The topological polar surface area (TPSA) is 164 Å². The molecule has 206 valence electrons. The lowest BCUT2D eigenvalue weighted by molar-refractivity contribution is -0.119. The van der Waals surface area contributed by atoms with E-state index in [1.165, 1.54) is 24.3 Å². The van der Waals surface area contributed by atoms with E-state index in [1.54, 1.807) is 12.1 Å². The SMILES string of the molecule is C#Cc1ccc(S(=O)(=O)NC(=O)CCN2c3ccc(N=[N+]=[N-])cc3C3(CCCCC3)c3cc(N=[N+]=[N-])ccc32)cc1. The van der Waals surface area contributed by atoms with Crippen molar-refractivity contribution in [3.63, 3.8) is 0 Å². The molecule has 0 radical (unpaired) electrons. The van der Waals surface area contributed by atoms with Crippen molar-refractivity contribution in [3.8, 4) is 12.3 Å². The first-order valence-corrected chi connectivity index (χ1v) is 14.6. The zero-order valence-corrected chi connectivity index (χ0v) is 22.9. The molecule has 1 saturated carbocycles. The Labute approximate surface area is 237 Å². The Morgan fingerprint density at radius 1 is 0.927 bits per heavy atom. The fraction of sp³-hybridized carbons (Fsp3) is 0.276. The molecule has 2 aliphatic rings. The number of anilines is 2. The Balaban J connectivity index is 1.51. The highest BCUT2D eigenvalue weighted by molar-refractivity contribution is 7.90. The van der Waals surface area contributed by atoms with Crippen LogP contribution in [-0.2, 0) is 20.2 Å². The number of terminal acetylenes is 1. The zero-order valence-electron chi connectivity index (χ0n) is 22.1. The van der Waals surface area contributed by atoms with Gasteiger partial charge in [-0.2, -0.15) is 0 Å². The quantitative estimate of drug-likeness (QED) is 0.139. The molecular weight excluding hydrogens is 540 g/mol. The molecule has 1 heterocycles. The van der Waals surface area contributed by atoms with E-state index < -0.39 is 21.3 Å². The molecule has 1 spiro atoms. The van der Waals surface area contributed by atoms with Crippen LogP contribution in [-0.4, -0.2) is 20.9 Å². The molecule has 11 nitrogen and oxygen atoms in total. The van der Waals surface area contributed by atoms with Crippen molar-refractivity contribution in [1.82, 2.24) is 4.72 Å². The van der Waals surface area contributed by atoms with E-state index in [-0.39, 0.29) is 17.9 Å². The summed E-state index contributed by atoms with van der Waals surface area (Å²) < 4.78 is 27.8. The zero-order chi connectivity index (χ0) is 29.0. The molecule has 1 N–H and O–H groups in total. The Hall–Kier alpha value is -4.94. The van der Waals surface area contributed by atoms with Crippen molar-refractivity contribution < 1.29 is 13.2 Å². The largest absolute Gasteiger partial charge is 0.340 e. The number of fused-ring (bicyclic) bond motifs is 4. The molecule has 5 rings (SSSR count). The first kappa shape index (κ1) is 27.6. The lowest BCUT2D eigenvalue weighted by Gasteiger charge is -2.48. The molecule has 0 unspecified atom stereocenters. The second-order valence-corrected chi connectivity index (χ2v) is 11.7. The van der Waals surface area contributed by atoms with Crippen LogP contribution in [0.15, 0.2) is 75.8 Å². The second-order valence-electron chi connectivity index (χ2n) is 10.0. The molecule has 0 saturated heterocycles. The van der Waals surface area contributed by atoms with Crippen molar-refractivity contribution in [2.24, 2.45) is 10.2 Å². The van der Waals surface area contributed by atoms with Crippen LogP contribution in [0.3, 0.4) is 0 Å². The minimum atomic E-state index is -4.08. The standard InChI is InChI=1S/C29H26N8O3S/c1-2-20-6-10-23(11-7-20)41(39,40)34-28(38)14-17-37-26-12-8-21(32-35-30)18-24(26)29(15-4-3-5-16-29)25-19-22(33-36-31)9-13-27(25)37/h1,6-13,18-19H,3-5,14-17H2,(H,34,38). The average Bonchev–Trinajstić information content (AvgIpc) is 2.98. The highest BCUT2D eigenvalue weighted by Crippen LogP contribution is 2.56. The Kier molecular flexibility index (Phi) is 7.60. The number of carbonyl (C=O) groups is 1. The van der Waals surface area contributed by atoms with Gasteiger partial charge in [0.1, 0.15) is 0 Å². The summed E-state index contributed by atoms with van der Waals surface area (Å²) in [5.41, 5.74) is 22.9. The predicted octanol–water partition coefficient (Wildman–Crippen LogP) is 7.15. The summed E-state index contributed by atoms with van der Waals surface area (Å²) in [7, 11) is -4.08. The van der Waals surface area contributed by atoms with Gasteiger partial charge in [0.15, 0.2) is 0 Å². The third kappa shape index (κ3) is 5.30. The molecule has 0 aromatic heterocycles. The maximum absolute atomic E-state index is 12.9. The number of nitrogens with one attached hydrogen (secondary N) is 1. The molecular formula is C29H26N8O3S. The molecule has 1 fully saturated rings. The first-order chi connectivity index (χ1) is 19.8. The number of carbonyl (C=O) groups excluding carboxylic acids is 1.